The molecule has 0 aromatic heterocycles. The van der Waals surface area contributed by atoms with Crippen molar-refractivity contribution >= 4 is 26.0 Å². The lowest BCUT2D eigenvalue weighted by Gasteiger charge is -2.16. The zero-order valence-electron chi connectivity index (χ0n) is 12.1. The van der Waals surface area contributed by atoms with E-state index in [9.17, 15) is 8.42 Å². The standard InChI is InChI=1S/C14H21BrN2O2S/c1-4-16-9-11-7-10(2)13(15)12(8-11)20(18,19)17-14(3)5-6-14/h7-8,16-17H,4-6,9H2,1-3H3. The molecule has 0 atom stereocenters. The fourth-order valence-corrected chi connectivity index (χ4v) is 4.58. The van der Waals surface area contributed by atoms with Crippen LogP contribution in [0.15, 0.2) is 21.5 Å². The molecule has 0 bridgehead atoms. The van der Waals surface area contributed by atoms with Gasteiger partial charge in [0.05, 0.1) is 4.90 Å². The van der Waals surface area contributed by atoms with Gasteiger partial charge < -0.3 is 5.32 Å². The molecule has 2 N–H and O–H groups in total. The first kappa shape index (κ1) is 15.9. The number of nitrogens with one attached hydrogen (secondary N) is 2. The summed E-state index contributed by atoms with van der Waals surface area (Å²) in [6, 6.07) is 3.75. The molecule has 6 heteroatoms. The molecule has 0 aliphatic heterocycles. The summed E-state index contributed by atoms with van der Waals surface area (Å²) in [5.74, 6) is 0. The van der Waals surface area contributed by atoms with Gasteiger partial charge in [0.15, 0.2) is 0 Å². The van der Waals surface area contributed by atoms with Crippen LogP contribution in [0.4, 0.5) is 0 Å². The number of sulfonamides is 1. The summed E-state index contributed by atoms with van der Waals surface area (Å²) in [6.45, 7) is 7.40. The Balaban J connectivity index is 2.36. The van der Waals surface area contributed by atoms with Gasteiger partial charge in [0.25, 0.3) is 0 Å². The monoisotopic (exact) mass is 360 g/mol. The minimum Gasteiger partial charge on any atom is -0.313 e. The molecule has 4 nitrogen and oxygen atoms in total. The number of rotatable bonds is 6. The summed E-state index contributed by atoms with van der Waals surface area (Å²) in [7, 11) is -3.48. The third-order valence-corrected chi connectivity index (χ3v) is 6.51. The molecule has 112 valence electrons. The van der Waals surface area contributed by atoms with Crippen molar-refractivity contribution in [2.75, 3.05) is 6.54 Å². The molecule has 1 fully saturated rings. The molecule has 2 rings (SSSR count). The number of aryl methyl sites for hydroxylation is 1. The Morgan fingerprint density at radius 2 is 2.00 bits per heavy atom. The van der Waals surface area contributed by atoms with Crippen LogP contribution >= 0.6 is 15.9 Å². The molecular weight excluding hydrogens is 340 g/mol. The van der Waals surface area contributed by atoms with Crippen molar-refractivity contribution in [1.29, 1.82) is 0 Å². The molecule has 0 amide bonds. The lowest BCUT2D eigenvalue weighted by molar-refractivity contribution is 0.557. The zero-order valence-corrected chi connectivity index (χ0v) is 14.5. The van der Waals surface area contributed by atoms with Crippen molar-refractivity contribution in [2.24, 2.45) is 0 Å². The molecule has 0 spiro atoms. The third kappa shape index (κ3) is 3.61. The largest absolute Gasteiger partial charge is 0.313 e. The van der Waals surface area contributed by atoms with Crippen molar-refractivity contribution in [3.8, 4) is 0 Å². The van der Waals surface area contributed by atoms with Gasteiger partial charge in [0.1, 0.15) is 0 Å². The van der Waals surface area contributed by atoms with E-state index in [2.05, 4.69) is 26.0 Å². The molecule has 1 aromatic carbocycles. The van der Waals surface area contributed by atoms with E-state index in [1.807, 2.05) is 26.8 Å². The molecular formula is C14H21BrN2O2S. The van der Waals surface area contributed by atoms with Gasteiger partial charge in [-0.2, -0.15) is 0 Å². The first-order valence-corrected chi connectivity index (χ1v) is 9.09. The van der Waals surface area contributed by atoms with Crippen molar-refractivity contribution < 1.29 is 8.42 Å². The summed E-state index contributed by atoms with van der Waals surface area (Å²) < 4.78 is 28.5. The molecule has 0 saturated heterocycles. The fraction of sp³-hybridized carbons (Fsp3) is 0.571. The predicted molar refractivity (Wildman–Crippen MR) is 84.2 cm³/mol. The highest BCUT2D eigenvalue weighted by Gasteiger charge is 2.41. The minimum atomic E-state index is -3.48. The lowest BCUT2D eigenvalue weighted by Crippen LogP contribution is -2.34. The maximum Gasteiger partial charge on any atom is 0.242 e. The number of hydrogen-bond acceptors (Lipinski definition) is 3. The van der Waals surface area contributed by atoms with E-state index in [4.69, 9.17) is 0 Å². The average Bonchev–Trinajstić information content (AvgIpc) is 3.06. The second-order valence-electron chi connectivity index (χ2n) is 5.67. The lowest BCUT2D eigenvalue weighted by atomic mass is 10.1. The number of hydrogen-bond donors (Lipinski definition) is 2. The first-order chi connectivity index (χ1) is 9.27. The Morgan fingerprint density at radius 3 is 2.55 bits per heavy atom. The van der Waals surface area contributed by atoms with Crippen LogP contribution in [0.3, 0.4) is 0 Å². The summed E-state index contributed by atoms with van der Waals surface area (Å²) in [4.78, 5) is 0.332. The Morgan fingerprint density at radius 1 is 1.35 bits per heavy atom. The van der Waals surface area contributed by atoms with Gasteiger partial charge in [-0.25, -0.2) is 13.1 Å². The van der Waals surface area contributed by atoms with E-state index in [0.717, 1.165) is 30.5 Å². The zero-order chi connectivity index (χ0) is 15.0. The van der Waals surface area contributed by atoms with Gasteiger partial charge >= 0.3 is 0 Å². The van der Waals surface area contributed by atoms with Gasteiger partial charge in [-0.3, -0.25) is 0 Å². The first-order valence-electron chi connectivity index (χ1n) is 6.81. The maximum atomic E-state index is 12.5. The van der Waals surface area contributed by atoms with Gasteiger partial charge in [-0.05, 0) is 66.4 Å². The molecule has 1 aliphatic carbocycles. The van der Waals surface area contributed by atoms with E-state index < -0.39 is 10.0 Å². The van der Waals surface area contributed by atoms with E-state index in [0.29, 0.717) is 15.9 Å². The van der Waals surface area contributed by atoms with Crippen LogP contribution in [-0.4, -0.2) is 20.5 Å². The van der Waals surface area contributed by atoms with Gasteiger partial charge in [-0.1, -0.05) is 13.0 Å². The highest BCUT2D eigenvalue weighted by atomic mass is 79.9. The fourth-order valence-electron chi connectivity index (χ4n) is 2.05. The van der Waals surface area contributed by atoms with Crippen molar-refractivity contribution in [3.63, 3.8) is 0 Å². The Kier molecular flexibility index (Phi) is 4.59. The molecule has 0 unspecified atom stereocenters. The molecule has 1 aromatic rings. The molecule has 1 saturated carbocycles. The van der Waals surface area contributed by atoms with Gasteiger partial charge in [0, 0.05) is 16.6 Å². The summed E-state index contributed by atoms with van der Waals surface area (Å²) in [5.41, 5.74) is 1.65. The quantitative estimate of drug-likeness (QED) is 0.819. The van der Waals surface area contributed by atoms with Crippen LogP contribution < -0.4 is 10.0 Å². The number of halogens is 1. The van der Waals surface area contributed by atoms with Crippen LogP contribution in [0, 0.1) is 6.92 Å². The van der Waals surface area contributed by atoms with E-state index in [1.165, 1.54) is 0 Å². The van der Waals surface area contributed by atoms with E-state index in [1.54, 1.807) is 6.07 Å². The molecule has 0 heterocycles. The highest BCUT2D eigenvalue weighted by Crippen LogP contribution is 2.37. The van der Waals surface area contributed by atoms with Gasteiger partial charge in [0.2, 0.25) is 10.0 Å². The van der Waals surface area contributed by atoms with Crippen LogP contribution in [0.1, 0.15) is 37.8 Å². The Hall–Kier alpha value is -0.430. The summed E-state index contributed by atoms with van der Waals surface area (Å²) in [6.07, 6.45) is 1.81. The normalized spacial score (nSPS) is 17.2. The SMILES string of the molecule is CCNCc1cc(C)c(Br)c(S(=O)(=O)NC2(C)CC2)c1. The van der Waals surface area contributed by atoms with Gasteiger partial charge in [-0.15, -0.1) is 0 Å². The minimum absolute atomic E-state index is 0.260. The van der Waals surface area contributed by atoms with Crippen molar-refractivity contribution in [1.82, 2.24) is 10.0 Å². The molecule has 0 radical (unpaired) electrons. The van der Waals surface area contributed by atoms with E-state index in [-0.39, 0.29) is 5.54 Å². The molecule has 1 aliphatic rings. The van der Waals surface area contributed by atoms with Crippen molar-refractivity contribution in [3.05, 3.63) is 27.7 Å². The van der Waals surface area contributed by atoms with Crippen LogP contribution in [0.5, 0.6) is 0 Å². The second-order valence-corrected chi connectivity index (χ2v) is 8.12. The average molecular weight is 361 g/mol. The predicted octanol–water partition coefficient (Wildman–Crippen LogP) is 2.70. The van der Waals surface area contributed by atoms with Crippen molar-refractivity contribution in [2.45, 2.75) is 50.6 Å². The van der Waals surface area contributed by atoms with Crippen LogP contribution in [0.25, 0.3) is 0 Å². The number of benzene rings is 1. The second kappa shape index (κ2) is 5.75. The summed E-state index contributed by atoms with van der Waals surface area (Å²) in [5, 5.41) is 3.22. The summed E-state index contributed by atoms with van der Waals surface area (Å²) >= 11 is 3.41. The molecule has 20 heavy (non-hydrogen) atoms. The smallest absolute Gasteiger partial charge is 0.242 e. The third-order valence-electron chi connectivity index (χ3n) is 3.53. The van der Waals surface area contributed by atoms with E-state index >= 15 is 0 Å². The Bertz CT molecular complexity index is 610. The Labute approximate surface area is 129 Å². The van der Waals surface area contributed by atoms with Crippen LogP contribution in [-0.2, 0) is 16.6 Å². The maximum absolute atomic E-state index is 12.5. The van der Waals surface area contributed by atoms with Crippen LogP contribution in [0.2, 0.25) is 0 Å². The highest BCUT2D eigenvalue weighted by molar-refractivity contribution is 9.10. The topological polar surface area (TPSA) is 58.2 Å².